The third-order valence-corrected chi connectivity index (χ3v) is 4.11. The minimum absolute atomic E-state index is 0. The van der Waals surface area contributed by atoms with E-state index in [2.05, 4.69) is 32.5 Å². The van der Waals surface area contributed by atoms with Gasteiger partial charge in [-0.3, -0.25) is 4.57 Å². The van der Waals surface area contributed by atoms with Crippen LogP contribution in [0.2, 0.25) is 0 Å². The van der Waals surface area contributed by atoms with E-state index < -0.39 is 0 Å². The van der Waals surface area contributed by atoms with Gasteiger partial charge in [-0.1, -0.05) is 36.5 Å². The van der Waals surface area contributed by atoms with Gasteiger partial charge in [0.1, 0.15) is 12.1 Å². The summed E-state index contributed by atoms with van der Waals surface area (Å²) in [6, 6.07) is 7.69. The van der Waals surface area contributed by atoms with Gasteiger partial charge in [0, 0.05) is 7.11 Å². The first-order chi connectivity index (χ1) is 13.5. The van der Waals surface area contributed by atoms with Crippen LogP contribution >= 0.6 is 12.2 Å². The van der Waals surface area contributed by atoms with Crippen molar-refractivity contribution in [2.24, 2.45) is 0 Å². The molecule has 2 heterocycles. The molecule has 0 spiro atoms. The third-order valence-electron chi connectivity index (χ3n) is 3.97. The van der Waals surface area contributed by atoms with Crippen molar-refractivity contribution >= 4 is 34.3 Å². The maximum absolute atomic E-state index is 12.4. The van der Waals surface area contributed by atoms with Gasteiger partial charge in [0.15, 0.2) is 11.5 Å². The van der Waals surface area contributed by atoms with Crippen LogP contribution in [0.3, 0.4) is 0 Å². The molecule has 12 heteroatoms. The molecule has 0 aliphatic carbocycles. The van der Waals surface area contributed by atoms with E-state index in [9.17, 15) is 4.79 Å². The van der Waals surface area contributed by atoms with Crippen molar-refractivity contribution in [1.82, 2.24) is 24.8 Å². The second-order valence-corrected chi connectivity index (χ2v) is 6.36. The first-order valence-electron chi connectivity index (χ1n) is 8.43. The normalized spacial score (nSPS) is 10.5. The Hall–Kier alpha value is -1.54. The molecule has 0 amide bonds. The number of aromatic amines is 1. The van der Waals surface area contributed by atoms with E-state index >= 15 is 0 Å². The molecular formula is C17H20KN7O3S. The van der Waals surface area contributed by atoms with E-state index in [0.29, 0.717) is 30.9 Å². The van der Waals surface area contributed by atoms with E-state index in [1.54, 1.807) is 7.11 Å². The number of thiocarbonyl (C=S) groups is 1. The smallest absolute Gasteiger partial charge is 0.473 e. The Labute approximate surface area is 214 Å². The van der Waals surface area contributed by atoms with E-state index in [1.807, 2.05) is 24.3 Å². The van der Waals surface area contributed by atoms with Crippen molar-refractivity contribution in [3.8, 4) is 6.01 Å². The minimum atomic E-state index is -0.338. The van der Waals surface area contributed by atoms with E-state index in [0.717, 1.165) is 11.1 Å². The Morgan fingerprint density at radius 3 is 2.62 bits per heavy atom. The Kier molecular flexibility index (Phi) is 9.01. The fraction of sp³-hybridized carbons (Fsp3) is 0.294. The molecule has 148 valence electrons. The number of anilines is 1. The van der Waals surface area contributed by atoms with E-state index in [4.69, 9.17) is 20.9 Å². The largest absolute Gasteiger partial charge is 1.00 e. The number of hydrogen-bond acceptors (Lipinski definition) is 7. The first kappa shape index (κ1) is 23.7. The summed E-state index contributed by atoms with van der Waals surface area (Å²) in [5.41, 5.74) is 15.4. The molecule has 5 N–H and O–H groups in total. The van der Waals surface area contributed by atoms with Crippen LogP contribution in [0, 0.1) is 0 Å². The van der Waals surface area contributed by atoms with Crippen molar-refractivity contribution in [2.45, 2.75) is 13.1 Å². The van der Waals surface area contributed by atoms with Crippen molar-refractivity contribution in [3.63, 3.8) is 0 Å². The molecule has 29 heavy (non-hydrogen) atoms. The monoisotopic (exact) mass is 441 g/mol. The van der Waals surface area contributed by atoms with Crippen LogP contribution in [-0.4, -0.2) is 45.0 Å². The number of methoxy groups -OCH3 is 1. The molecule has 0 saturated heterocycles. The summed E-state index contributed by atoms with van der Waals surface area (Å²) in [5.74, 6) is 0.140. The average Bonchev–Trinajstić information content (AvgIpc) is 2.98. The zero-order valence-corrected chi connectivity index (χ0v) is 20.1. The van der Waals surface area contributed by atoms with Crippen LogP contribution in [0.15, 0.2) is 29.1 Å². The van der Waals surface area contributed by atoms with Crippen molar-refractivity contribution in [2.75, 3.05) is 26.1 Å². The fourth-order valence-corrected chi connectivity index (χ4v) is 2.66. The molecule has 0 radical (unpaired) electrons. The average molecular weight is 442 g/mol. The van der Waals surface area contributed by atoms with Crippen molar-refractivity contribution in [1.29, 1.82) is 0 Å². The molecule has 0 aliphatic heterocycles. The Balaban J connectivity index is 0.00000300. The second-order valence-electron chi connectivity index (χ2n) is 5.95. The number of rotatable bonds is 8. The van der Waals surface area contributed by atoms with Crippen LogP contribution in [0.1, 0.15) is 11.1 Å². The number of ether oxygens (including phenoxy) is 2. The maximum Gasteiger partial charge on any atom is 1.00 e. The minimum Gasteiger partial charge on any atom is -0.473 e. The number of nitrogens with one attached hydrogen (secondary N) is 3. The summed E-state index contributed by atoms with van der Waals surface area (Å²) < 4.78 is 11.8. The number of nitrogens with two attached hydrogens (primary N) is 1. The zero-order valence-electron chi connectivity index (χ0n) is 16.2. The Morgan fingerprint density at radius 2 is 1.97 bits per heavy atom. The van der Waals surface area contributed by atoms with Crippen LogP contribution in [-0.2, 0) is 17.8 Å². The molecule has 0 aliphatic rings. The SMILES string of the molecule is COCCOc1nc(N)c2[nH]c(=O)n(Cc3ccc(CNC([NH-])=S)cc3)c2n1.[K+]. The molecule has 3 aromatic rings. The first-order valence-corrected chi connectivity index (χ1v) is 8.83. The number of H-pyrrole nitrogens is 1. The number of benzene rings is 1. The molecule has 10 nitrogen and oxygen atoms in total. The molecule has 0 bridgehead atoms. The van der Waals surface area contributed by atoms with Gasteiger partial charge < -0.3 is 31.2 Å². The van der Waals surface area contributed by atoms with Crippen LogP contribution in [0.5, 0.6) is 6.01 Å². The van der Waals surface area contributed by atoms with Crippen LogP contribution < -0.4 is 72.9 Å². The van der Waals surface area contributed by atoms with Crippen molar-refractivity contribution < 1.29 is 60.9 Å². The topological polar surface area (TPSA) is 144 Å². The summed E-state index contributed by atoms with van der Waals surface area (Å²) in [5, 5.41) is 2.77. The van der Waals surface area contributed by atoms with Crippen LogP contribution in [0.4, 0.5) is 5.82 Å². The molecule has 3 rings (SSSR count). The van der Waals surface area contributed by atoms with E-state index in [1.165, 1.54) is 4.57 Å². The quantitative estimate of drug-likeness (QED) is 0.211. The molecule has 0 fully saturated rings. The number of hydrogen-bond donors (Lipinski definition) is 3. The molecule has 0 saturated carbocycles. The molecule has 0 unspecified atom stereocenters. The number of nitrogens with zero attached hydrogens (tertiary/aromatic N) is 3. The summed E-state index contributed by atoms with van der Waals surface area (Å²) >= 11 is 4.69. The van der Waals surface area contributed by atoms with Gasteiger partial charge in [0.25, 0.3) is 0 Å². The summed E-state index contributed by atoms with van der Waals surface area (Å²) in [7, 11) is 1.56. The van der Waals surface area contributed by atoms with Crippen molar-refractivity contribution in [3.05, 3.63) is 51.6 Å². The summed E-state index contributed by atoms with van der Waals surface area (Å²) in [4.78, 5) is 23.4. The molecule has 0 atom stereocenters. The maximum atomic E-state index is 12.4. The summed E-state index contributed by atoms with van der Waals surface area (Å²) in [6.45, 7) is 1.43. The predicted octanol–water partition coefficient (Wildman–Crippen LogP) is -1.79. The predicted molar refractivity (Wildman–Crippen MR) is 109 cm³/mol. The Morgan fingerprint density at radius 1 is 1.28 bits per heavy atom. The molecule has 2 aromatic heterocycles. The van der Waals surface area contributed by atoms with Gasteiger partial charge in [-0.05, 0) is 22.8 Å². The van der Waals surface area contributed by atoms with Crippen LogP contribution in [0.25, 0.3) is 16.9 Å². The van der Waals surface area contributed by atoms with Gasteiger partial charge in [0.05, 0.1) is 13.2 Å². The van der Waals surface area contributed by atoms with Gasteiger partial charge >= 0.3 is 63.1 Å². The standard InChI is InChI=1S/C17H21N7O3S.K/c1-26-6-7-27-16-22-13(18)12-14(23-16)24(17(25)21-12)9-11-4-2-10(3-5-11)8-20-15(19)28;/h2-5H,6-9H2,1H3,(H6,18,19,20,21,22,23,25,28);/q;+1/p-1. The molecular weight excluding hydrogens is 421 g/mol. The third kappa shape index (κ3) is 6.22. The van der Waals surface area contributed by atoms with Gasteiger partial charge in [-0.2, -0.15) is 9.97 Å². The van der Waals surface area contributed by atoms with E-state index in [-0.39, 0.29) is 80.6 Å². The van der Waals surface area contributed by atoms with Gasteiger partial charge in [-0.15, -0.1) is 0 Å². The number of nitrogen functional groups attached to an aromatic ring is 1. The Bertz CT molecular complexity index is 1040. The van der Waals surface area contributed by atoms with Gasteiger partial charge in [0.2, 0.25) is 0 Å². The summed E-state index contributed by atoms with van der Waals surface area (Å²) in [6.07, 6.45) is 0. The second kappa shape index (κ2) is 11.0. The fourth-order valence-electron chi connectivity index (χ4n) is 2.59. The number of imidazole rings is 1. The number of aromatic nitrogens is 4. The molecule has 1 aromatic carbocycles. The van der Waals surface area contributed by atoms with Gasteiger partial charge in [-0.25, -0.2) is 4.79 Å². The zero-order chi connectivity index (χ0) is 20.1. The number of fused-ring (bicyclic) bond motifs is 1.